The number of thiazole rings is 1. The van der Waals surface area contributed by atoms with Crippen molar-refractivity contribution in [3.8, 4) is 5.13 Å². The van der Waals surface area contributed by atoms with Crippen LogP contribution in [0.5, 0.6) is 0 Å². The number of aromatic nitrogens is 3. The maximum atomic E-state index is 13.3. The van der Waals surface area contributed by atoms with Gasteiger partial charge < -0.3 is 4.74 Å². The smallest absolute Gasteiger partial charge is 0.385 e. The lowest BCUT2D eigenvalue weighted by atomic mass is 10.2. The van der Waals surface area contributed by atoms with E-state index in [0.717, 1.165) is 26.9 Å². The molecule has 1 N–H and O–H groups in total. The second-order valence-electron chi connectivity index (χ2n) is 5.38. The van der Waals surface area contributed by atoms with E-state index < -0.39 is 23.0 Å². The van der Waals surface area contributed by atoms with Crippen LogP contribution >= 0.6 is 11.3 Å². The molecule has 2 aromatic heterocycles. The van der Waals surface area contributed by atoms with E-state index in [2.05, 4.69) is 15.1 Å². The summed E-state index contributed by atoms with van der Waals surface area (Å²) in [6, 6.07) is 7.07. The summed E-state index contributed by atoms with van der Waals surface area (Å²) in [5, 5.41) is 2.27. The van der Waals surface area contributed by atoms with Crippen LogP contribution in [0, 0.1) is 0 Å². The number of alkyl halides is 3. The molecule has 2 heterocycles. The average Bonchev–Trinajstić information content (AvgIpc) is 3.15. The molecule has 0 aliphatic heterocycles. The first kappa shape index (κ1) is 18.3. The predicted octanol–water partition coefficient (Wildman–Crippen LogP) is 3.25. The SMILES string of the molecule is COCCCN=Cc1c(C(F)(F)F)[nH]n(-c2nc3ccccc3s2)c1=O. The summed E-state index contributed by atoms with van der Waals surface area (Å²) in [4.78, 5) is 20.6. The van der Waals surface area contributed by atoms with Crippen molar-refractivity contribution in [2.24, 2.45) is 4.99 Å². The van der Waals surface area contributed by atoms with Gasteiger partial charge in [0, 0.05) is 26.5 Å². The lowest BCUT2D eigenvalue weighted by Gasteiger charge is -2.03. The maximum Gasteiger partial charge on any atom is 0.433 e. The number of benzene rings is 1. The van der Waals surface area contributed by atoms with Gasteiger partial charge in [-0.2, -0.15) is 17.9 Å². The van der Waals surface area contributed by atoms with E-state index in [1.807, 2.05) is 0 Å². The average molecular weight is 384 g/mol. The number of aromatic amines is 1. The van der Waals surface area contributed by atoms with Crippen LogP contribution in [0.15, 0.2) is 34.1 Å². The maximum absolute atomic E-state index is 13.3. The Hall–Kier alpha value is -2.46. The molecule has 3 aromatic rings. The summed E-state index contributed by atoms with van der Waals surface area (Å²) in [7, 11) is 1.52. The standard InChI is InChI=1S/C16H15F3N4O2S/c1-25-8-4-7-20-9-10-13(16(17,18)19)22-23(14(10)24)15-21-11-5-2-3-6-12(11)26-15/h2-3,5-6,9,22H,4,7-8H2,1H3. The van der Waals surface area contributed by atoms with Gasteiger partial charge in [-0.1, -0.05) is 23.5 Å². The molecule has 0 saturated heterocycles. The van der Waals surface area contributed by atoms with Crippen LogP contribution in [0.3, 0.4) is 0 Å². The molecule has 0 aliphatic rings. The van der Waals surface area contributed by atoms with Gasteiger partial charge in [0.15, 0.2) is 5.69 Å². The van der Waals surface area contributed by atoms with Crippen molar-refractivity contribution in [3.63, 3.8) is 0 Å². The number of methoxy groups -OCH3 is 1. The third-order valence-corrected chi connectivity index (χ3v) is 4.56. The van der Waals surface area contributed by atoms with Crippen molar-refractivity contribution >= 4 is 27.8 Å². The Morgan fingerprint density at radius 3 is 2.85 bits per heavy atom. The first-order valence-corrected chi connectivity index (χ1v) is 8.50. The Morgan fingerprint density at radius 2 is 2.15 bits per heavy atom. The Bertz CT molecular complexity index is 954. The van der Waals surface area contributed by atoms with Crippen LogP contribution < -0.4 is 5.56 Å². The molecule has 3 rings (SSSR count). The number of hydrogen-bond donors (Lipinski definition) is 1. The van der Waals surface area contributed by atoms with Crippen LogP contribution in [0.4, 0.5) is 13.2 Å². The molecule has 138 valence electrons. The van der Waals surface area contributed by atoms with E-state index in [0.29, 0.717) is 18.5 Å². The highest BCUT2D eigenvalue weighted by molar-refractivity contribution is 7.20. The topological polar surface area (TPSA) is 72.3 Å². The van der Waals surface area contributed by atoms with Gasteiger partial charge in [-0.15, -0.1) is 0 Å². The Morgan fingerprint density at radius 1 is 1.38 bits per heavy atom. The van der Waals surface area contributed by atoms with Crippen molar-refractivity contribution in [2.45, 2.75) is 12.6 Å². The minimum absolute atomic E-state index is 0.140. The Kier molecular flexibility index (Phi) is 5.23. The molecule has 10 heteroatoms. The van der Waals surface area contributed by atoms with Crippen LogP contribution in [0.2, 0.25) is 0 Å². The van der Waals surface area contributed by atoms with Crippen LogP contribution in [-0.4, -0.2) is 41.2 Å². The van der Waals surface area contributed by atoms with Gasteiger partial charge in [0.2, 0.25) is 5.13 Å². The molecule has 0 radical (unpaired) electrons. The second-order valence-corrected chi connectivity index (χ2v) is 6.39. The van der Waals surface area contributed by atoms with Gasteiger partial charge in [-0.05, 0) is 18.6 Å². The quantitative estimate of drug-likeness (QED) is 0.524. The highest BCUT2D eigenvalue weighted by Gasteiger charge is 2.38. The molecule has 0 atom stereocenters. The van der Waals surface area contributed by atoms with E-state index in [1.54, 1.807) is 24.3 Å². The zero-order valence-corrected chi connectivity index (χ0v) is 14.5. The van der Waals surface area contributed by atoms with Gasteiger partial charge >= 0.3 is 6.18 Å². The van der Waals surface area contributed by atoms with Gasteiger partial charge in [0.05, 0.1) is 15.8 Å². The van der Waals surface area contributed by atoms with Gasteiger partial charge in [-0.3, -0.25) is 14.9 Å². The molecule has 0 spiro atoms. The minimum Gasteiger partial charge on any atom is -0.385 e. The fraction of sp³-hybridized carbons (Fsp3) is 0.312. The largest absolute Gasteiger partial charge is 0.433 e. The van der Waals surface area contributed by atoms with Crippen molar-refractivity contribution in [1.29, 1.82) is 0 Å². The lowest BCUT2D eigenvalue weighted by Crippen LogP contribution is -2.17. The number of nitrogens with one attached hydrogen (secondary N) is 1. The number of halogens is 3. The van der Waals surface area contributed by atoms with Gasteiger partial charge in [0.25, 0.3) is 5.56 Å². The van der Waals surface area contributed by atoms with E-state index in [4.69, 9.17) is 4.74 Å². The van der Waals surface area contributed by atoms with Crippen LogP contribution in [-0.2, 0) is 10.9 Å². The summed E-state index contributed by atoms with van der Waals surface area (Å²) in [6.45, 7) is 0.698. The van der Waals surface area contributed by atoms with Crippen LogP contribution in [0.25, 0.3) is 15.3 Å². The lowest BCUT2D eigenvalue weighted by molar-refractivity contribution is -0.141. The predicted molar refractivity (Wildman–Crippen MR) is 93.5 cm³/mol. The number of ether oxygens (including phenoxy) is 1. The fourth-order valence-electron chi connectivity index (χ4n) is 2.33. The zero-order chi connectivity index (χ0) is 18.7. The fourth-order valence-corrected chi connectivity index (χ4v) is 3.26. The molecule has 26 heavy (non-hydrogen) atoms. The third kappa shape index (κ3) is 3.70. The van der Waals surface area contributed by atoms with E-state index >= 15 is 0 Å². The summed E-state index contributed by atoms with van der Waals surface area (Å²) >= 11 is 1.12. The number of fused-ring (bicyclic) bond motifs is 1. The molecule has 0 unspecified atom stereocenters. The number of H-pyrrole nitrogens is 1. The summed E-state index contributed by atoms with van der Waals surface area (Å²) < 4.78 is 46.4. The number of para-hydroxylation sites is 1. The van der Waals surface area contributed by atoms with E-state index in [1.165, 1.54) is 7.11 Å². The Balaban J connectivity index is 2.02. The summed E-state index contributed by atoms with van der Waals surface area (Å²) in [6.07, 6.45) is -3.21. The molecule has 0 bridgehead atoms. The van der Waals surface area contributed by atoms with Gasteiger partial charge in [0.1, 0.15) is 0 Å². The molecule has 0 amide bonds. The number of aliphatic imine (C=N–C) groups is 1. The highest BCUT2D eigenvalue weighted by atomic mass is 32.1. The third-order valence-electron chi connectivity index (χ3n) is 3.54. The molecule has 0 aliphatic carbocycles. The van der Waals surface area contributed by atoms with Crippen molar-refractivity contribution < 1.29 is 17.9 Å². The number of nitrogens with zero attached hydrogens (tertiary/aromatic N) is 3. The van der Waals surface area contributed by atoms with Crippen LogP contribution in [0.1, 0.15) is 17.7 Å². The zero-order valence-electron chi connectivity index (χ0n) is 13.7. The first-order chi connectivity index (χ1) is 12.4. The van der Waals surface area contributed by atoms with Crippen molar-refractivity contribution in [1.82, 2.24) is 14.8 Å². The van der Waals surface area contributed by atoms with E-state index in [9.17, 15) is 18.0 Å². The summed E-state index contributed by atoms with van der Waals surface area (Å²) in [5.74, 6) is 0. The monoisotopic (exact) mass is 384 g/mol. The van der Waals surface area contributed by atoms with Crippen molar-refractivity contribution in [2.75, 3.05) is 20.3 Å². The highest BCUT2D eigenvalue weighted by Crippen LogP contribution is 2.30. The Labute approximate surface area is 149 Å². The molecule has 6 nitrogen and oxygen atoms in total. The van der Waals surface area contributed by atoms with Gasteiger partial charge in [-0.25, -0.2) is 4.98 Å². The first-order valence-electron chi connectivity index (χ1n) is 7.68. The van der Waals surface area contributed by atoms with E-state index in [-0.39, 0.29) is 11.7 Å². The normalized spacial score (nSPS) is 12.5. The number of rotatable bonds is 6. The minimum atomic E-state index is -4.71. The second kappa shape index (κ2) is 7.42. The summed E-state index contributed by atoms with van der Waals surface area (Å²) in [5.41, 5.74) is -1.91. The molecular formula is C16H15F3N4O2S. The molecule has 0 fully saturated rings. The molecule has 0 saturated carbocycles. The molecule has 1 aromatic carbocycles. The van der Waals surface area contributed by atoms with Crippen molar-refractivity contribution in [3.05, 3.63) is 45.9 Å². The number of hydrogen-bond acceptors (Lipinski definition) is 5. The molecular weight excluding hydrogens is 369 g/mol.